The predicted octanol–water partition coefficient (Wildman–Crippen LogP) is -4.76. The number of aliphatic hydroxyl groups excluding tert-OH is 1. The molecule has 0 unspecified atom stereocenters. The van der Waals surface area contributed by atoms with Gasteiger partial charge in [0.2, 0.25) is 0 Å². The first-order valence-corrected chi connectivity index (χ1v) is 5.56. The first-order chi connectivity index (χ1) is 8.85. The van der Waals surface area contributed by atoms with E-state index in [0.29, 0.717) is 0 Å². The third-order valence-corrected chi connectivity index (χ3v) is 2.23. The SMILES string of the molecule is O=C(O)CN(CCO)CCN(CC(=O)O)CC(=O)O.[NaH].[NaH].[NaH].[NaH]. The molecule has 0 spiro atoms. The number of carbonyl (C=O) groups is 3. The van der Waals surface area contributed by atoms with Crippen LogP contribution in [0.4, 0.5) is 0 Å². The number of nitrogens with zero attached hydrogens (tertiary/aromatic N) is 2. The minimum absolute atomic E-state index is 0. The summed E-state index contributed by atoms with van der Waals surface area (Å²) >= 11 is 0. The van der Waals surface area contributed by atoms with Crippen LogP contribution in [0.5, 0.6) is 0 Å². The standard InChI is InChI=1S/C10H18N2O7.4Na.4H/c13-4-3-11(5-8(14)15)1-2-12(6-9(16)17)7-10(18)19;;;;;;;;/h13H,1-7H2,(H,14,15)(H,16,17)(H,18,19);;;;;;;;. The zero-order valence-corrected chi connectivity index (χ0v) is 10.4. The molecule has 23 heavy (non-hydrogen) atoms. The molecule has 0 aromatic carbocycles. The topological polar surface area (TPSA) is 139 Å². The van der Waals surface area contributed by atoms with Crippen LogP contribution >= 0.6 is 0 Å². The van der Waals surface area contributed by atoms with Crippen LogP contribution in [-0.4, -0.2) is 212 Å². The summed E-state index contributed by atoms with van der Waals surface area (Å²) in [4.78, 5) is 34.3. The van der Waals surface area contributed by atoms with Gasteiger partial charge in [-0.05, 0) is 0 Å². The van der Waals surface area contributed by atoms with Crippen LogP contribution < -0.4 is 0 Å². The Morgan fingerprint density at radius 2 is 0.913 bits per heavy atom. The molecule has 0 amide bonds. The monoisotopic (exact) mass is 374 g/mol. The van der Waals surface area contributed by atoms with Gasteiger partial charge in [0.25, 0.3) is 0 Å². The second kappa shape index (κ2) is 22.3. The summed E-state index contributed by atoms with van der Waals surface area (Å²) < 4.78 is 0. The second-order valence-corrected chi connectivity index (χ2v) is 3.89. The van der Waals surface area contributed by atoms with Gasteiger partial charge in [-0.1, -0.05) is 0 Å². The van der Waals surface area contributed by atoms with Crippen molar-refractivity contribution < 1.29 is 34.8 Å². The molecule has 0 saturated heterocycles. The van der Waals surface area contributed by atoms with Crippen molar-refractivity contribution in [3.8, 4) is 0 Å². The van der Waals surface area contributed by atoms with Gasteiger partial charge in [0, 0.05) is 19.6 Å². The average molecular weight is 374 g/mol. The molecule has 0 bridgehead atoms. The van der Waals surface area contributed by atoms with Crippen LogP contribution in [0.1, 0.15) is 0 Å². The van der Waals surface area contributed by atoms with E-state index in [9.17, 15) is 14.4 Å². The van der Waals surface area contributed by atoms with Crippen molar-refractivity contribution in [2.45, 2.75) is 0 Å². The Labute approximate surface area is 223 Å². The summed E-state index contributed by atoms with van der Waals surface area (Å²) in [5.74, 6) is -3.39. The molecule has 0 heterocycles. The molecule has 0 atom stereocenters. The Hall–Kier alpha value is 2.29. The van der Waals surface area contributed by atoms with Crippen LogP contribution in [0, 0.1) is 0 Å². The molecule has 9 nitrogen and oxygen atoms in total. The fourth-order valence-corrected chi connectivity index (χ4v) is 1.48. The van der Waals surface area contributed by atoms with Crippen molar-refractivity contribution in [1.82, 2.24) is 9.80 Å². The minimum atomic E-state index is -1.16. The van der Waals surface area contributed by atoms with Crippen LogP contribution in [0.15, 0.2) is 0 Å². The average Bonchev–Trinajstić information content (AvgIpc) is 2.23. The van der Waals surface area contributed by atoms with Crippen LogP contribution in [0.25, 0.3) is 0 Å². The van der Waals surface area contributed by atoms with E-state index < -0.39 is 31.0 Å². The second-order valence-electron chi connectivity index (χ2n) is 3.89. The Morgan fingerprint density at radius 1 is 0.609 bits per heavy atom. The molecule has 13 heteroatoms. The van der Waals surface area contributed by atoms with Gasteiger partial charge in [-0.3, -0.25) is 24.2 Å². The molecular formula is C10H22N2Na4O7. The quantitative estimate of drug-likeness (QED) is 0.263. The first kappa shape index (κ1) is 36.2. The summed E-state index contributed by atoms with van der Waals surface area (Å²) in [5.41, 5.74) is 0. The predicted molar refractivity (Wildman–Crippen MR) is 91.5 cm³/mol. The Kier molecular flexibility index (Phi) is 35.2. The zero-order valence-electron chi connectivity index (χ0n) is 10.4. The molecule has 0 aliphatic rings. The van der Waals surface area contributed by atoms with E-state index in [-0.39, 0.29) is 151 Å². The fraction of sp³-hybridized carbons (Fsp3) is 0.700. The van der Waals surface area contributed by atoms with Crippen molar-refractivity contribution in [1.29, 1.82) is 0 Å². The van der Waals surface area contributed by atoms with Gasteiger partial charge in [0.15, 0.2) is 0 Å². The molecule has 0 aliphatic heterocycles. The molecular weight excluding hydrogens is 352 g/mol. The number of rotatable bonds is 11. The fourth-order valence-electron chi connectivity index (χ4n) is 1.48. The molecule has 0 aliphatic carbocycles. The van der Waals surface area contributed by atoms with Crippen molar-refractivity contribution >= 4 is 136 Å². The van der Waals surface area contributed by atoms with Crippen molar-refractivity contribution in [2.75, 3.05) is 45.9 Å². The normalized spacial score (nSPS) is 9.00. The van der Waals surface area contributed by atoms with E-state index in [1.807, 2.05) is 0 Å². The third-order valence-electron chi connectivity index (χ3n) is 2.23. The van der Waals surface area contributed by atoms with Gasteiger partial charge in [-0.15, -0.1) is 0 Å². The van der Waals surface area contributed by atoms with E-state index >= 15 is 0 Å². The number of carboxylic acids is 3. The molecule has 0 radical (unpaired) electrons. The molecule has 0 rings (SSSR count). The zero-order chi connectivity index (χ0) is 14.8. The van der Waals surface area contributed by atoms with E-state index in [4.69, 9.17) is 20.4 Å². The molecule has 0 fully saturated rings. The van der Waals surface area contributed by atoms with Crippen LogP contribution in [0.2, 0.25) is 0 Å². The van der Waals surface area contributed by atoms with E-state index in [0.717, 1.165) is 0 Å². The van der Waals surface area contributed by atoms with E-state index in [2.05, 4.69) is 0 Å². The maximum absolute atomic E-state index is 10.6. The summed E-state index contributed by atoms with van der Waals surface area (Å²) in [7, 11) is 0. The van der Waals surface area contributed by atoms with E-state index in [1.54, 1.807) is 0 Å². The van der Waals surface area contributed by atoms with Gasteiger partial charge in [-0.2, -0.15) is 0 Å². The summed E-state index contributed by atoms with van der Waals surface area (Å²) in [6.45, 7) is -1.03. The number of carboxylic acid groups (broad SMARTS) is 3. The number of aliphatic carboxylic acids is 3. The molecule has 118 valence electrons. The van der Waals surface area contributed by atoms with Gasteiger partial charge < -0.3 is 20.4 Å². The van der Waals surface area contributed by atoms with Gasteiger partial charge >= 0.3 is 136 Å². The van der Waals surface area contributed by atoms with Crippen molar-refractivity contribution in [2.24, 2.45) is 0 Å². The van der Waals surface area contributed by atoms with Gasteiger partial charge in [0.05, 0.1) is 26.2 Å². The first-order valence-electron chi connectivity index (χ1n) is 5.56. The molecule has 0 aromatic rings. The Morgan fingerprint density at radius 3 is 1.22 bits per heavy atom. The van der Waals surface area contributed by atoms with Crippen molar-refractivity contribution in [3.05, 3.63) is 0 Å². The third kappa shape index (κ3) is 24.3. The summed E-state index contributed by atoms with van der Waals surface area (Å²) in [5, 5.41) is 34.7. The van der Waals surface area contributed by atoms with Gasteiger partial charge in [0.1, 0.15) is 0 Å². The van der Waals surface area contributed by atoms with Crippen LogP contribution in [-0.2, 0) is 14.4 Å². The molecule has 4 N–H and O–H groups in total. The molecule has 0 aromatic heterocycles. The van der Waals surface area contributed by atoms with Crippen molar-refractivity contribution in [3.63, 3.8) is 0 Å². The number of aliphatic hydroxyl groups is 1. The number of hydrogen-bond donors (Lipinski definition) is 4. The number of hydrogen-bond acceptors (Lipinski definition) is 6. The van der Waals surface area contributed by atoms with E-state index in [1.165, 1.54) is 9.80 Å². The Bertz CT molecular complexity index is 320. The maximum atomic E-state index is 10.6. The summed E-state index contributed by atoms with van der Waals surface area (Å²) in [6, 6.07) is 0. The Balaban J connectivity index is -0.000000270. The molecule has 0 saturated carbocycles. The van der Waals surface area contributed by atoms with Crippen LogP contribution in [0.3, 0.4) is 0 Å². The van der Waals surface area contributed by atoms with Gasteiger partial charge in [-0.25, -0.2) is 0 Å². The summed E-state index contributed by atoms with van der Waals surface area (Å²) in [6.07, 6.45) is 0.